The molecule has 1 N–H and O–H groups in total. The molecule has 6 nitrogen and oxygen atoms in total. The van der Waals surface area contributed by atoms with Crippen molar-refractivity contribution in [2.45, 2.75) is 47.1 Å². The van der Waals surface area contributed by atoms with Crippen LogP contribution in [0.15, 0.2) is 48.0 Å². The van der Waals surface area contributed by atoms with Crippen LogP contribution >= 0.6 is 0 Å². The van der Waals surface area contributed by atoms with Gasteiger partial charge in [0.25, 0.3) is 11.7 Å². The van der Waals surface area contributed by atoms with Gasteiger partial charge < -0.3 is 19.6 Å². The Balaban J connectivity index is 2.10. The van der Waals surface area contributed by atoms with Crippen LogP contribution in [-0.4, -0.2) is 47.9 Å². The van der Waals surface area contributed by atoms with Gasteiger partial charge in [0.05, 0.1) is 18.2 Å². The van der Waals surface area contributed by atoms with Crippen LogP contribution in [0.4, 0.5) is 5.69 Å². The average Bonchev–Trinajstić information content (AvgIpc) is 3.06. The lowest BCUT2D eigenvalue weighted by Crippen LogP contribution is -2.30. The molecule has 176 valence electrons. The molecular weight excluding hydrogens is 416 g/mol. The van der Waals surface area contributed by atoms with Crippen molar-refractivity contribution in [3.05, 3.63) is 64.7 Å². The Morgan fingerprint density at radius 3 is 2.24 bits per heavy atom. The van der Waals surface area contributed by atoms with Crippen molar-refractivity contribution >= 4 is 23.1 Å². The zero-order chi connectivity index (χ0) is 24.1. The molecule has 1 atom stereocenters. The van der Waals surface area contributed by atoms with Crippen molar-refractivity contribution in [1.82, 2.24) is 4.90 Å². The van der Waals surface area contributed by atoms with E-state index in [2.05, 4.69) is 18.7 Å². The zero-order valence-electron chi connectivity index (χ0n) is 20.2. The first kappa shape index (κ1) is 24.4. The van der Waals surface area contributed by atoms with E-state index in [9.17, 15) is 14.7 Å². The van der Waals surface area contributed by atoms with Crippen molar-refractivity contribution < 1.29 is 19.4 Å². The number of carbonyl (C=O) groups excluding carboxylic acids is 2. The van der Waals surface area contributed by atoms with Crippen LogP contribution in [0.5, 0.6) is 5.75 Å². The summed E-state index contributed by atoms with van der Waals surface area (Å²) in [6.45, 7) is 12.7. The van der Waals surface area contributed by atoms with E-state index < -0.39 is 17.7 Å². The summed E-state index contributed by atoms with van der Waals surface area (Å²) in [5.74, 6) is -0.649. The van der Waals surface area contributed by atoms with Gasteiger partial charge in [0, 0.05) is 30.9 Å². The van der Waals surface area contributed by atoms with Crippen molar-refractivity contribution in [2.75, 3.05) is 31.1 Å². The first-order chi connectivity index (χ1) is 15.9. The number of Topliss-reactive ketones (excluding diaryl/α,β-unsaturated/α-hetero) is 1. The van der Waals surface area contributed by atoms with Gasteiger partial charge >= 0.3 is 0 Å². The maximum absolute atomic E-state index is 13.1. The molecule has 0 aliphatic carbocycles. The van der Waals surface area contributed by atoms with Crippen molar-refractivity contribution in [2.24, 2.45) is 0 Å². The van der Waals surface area contributed by atoms with Crippen LogP contribution in [0, 0.1) is 6.92 Å². The Hall–Kier alpha value is -3.28. The van der Waals surface area contributed by atoms with Gasteiger partial charge in [-0.25, -0.2) is 0 Å². The second-order valence-electron chi connectivity index (χ2n) is 8.17. The number of aliphatic hydroxyl groups excluding tert-OH is 1. The van der Waals surface area contributed by atoms with Gasteiger partial charge in [0.15, 0.2) is 0 Å². The van der Waals surface area contributed by atoms with E-state index in [1.807, 2.05) is 45.0 Å². The monoisotopic (exact) mass is 450 g/mol. The zero-order valence-corrected chi connectivity index (χ0v) is 20.2. The highest BCUT2D eigenvalue weighted by Gasteiger charge is 2.45. The molecule has 1 saturated heterocycles. The van der Waals surface area contributed by atoms with Gasteiger partial charge in [-0.05, 0) is 75.6 Å². The molecule has 1 aliphatic rings. The van der Waals surface area contributed by atoms with Gasteiger partial charge in [-0.15, -0.1) is 0 Å². The summed E-state index contributed by atoms with van der Waals surface area (Å²) in [6.07, 6.45) is 0.712. The number of aryl methyl sites for hydroxylation is 1. The van der Waals surface area contributed by atoms with Crippen LogP contribution in [-0.2, 0) is 9.59 Å². The fourth-order valence-electron chi connectivity index (χ4n) is 4.42. The maximum atomic E-state index is 13.1. The first-order valence-corrected chi connectivity index (χ1v) is 11.7. The van der Waals surface area contributed by atoms with E-state index >= 15 is 0 Å². The predicted octanol–water partition coefficient (Wildman–Crippen LogP) is 5.07. The van der Waals surface area contributed by atoms with Gasteiger partial charge in [-0.1, -0.05) is 19.1 Å². The van der Waals surface area contributed by atoms with Crippen LogP contribution in [0.25, 0.3) is 5.76 Å². The molecule has 33 heavy (non-hydrogen) atoms. The Kier molecular flexibility index (Phi) is 7.79. The predicted molar refractivity (Wildman–Crippen MR) is 132 cm³/mol. The molecule has 1 unspecified atom stereocenters. The van der Waals surface area contributed by atoms with E-state index in [1.165, 1.54) is 0 Å². The van der Waals surface area contributed by atoms with Crippen molar-refractivity contribution in [3.63, 3.8) is 0 Å². The largest absolute Gasteiger partial charge is 0.507 e. The van der Waals surface area contributed by atoms with E-state index in [4.69, 9.17) is 4.74 Å². The minimum atomic E-state index is -0.648. The lowest BCUT2D eigenvalue weighted by molar-refractivity contribution is -0.139. The van der Waals surface area contributed by atoms with Gasteiger partial charge in [0.1, 0.15) is 11.5 Å². The number of likely N-dealkylation sites (tertiary alicyclic amines) is 1. The molecule has 1 amide bonds. The first-order valence-electron chi connectivity index (χ1n) is 11.7. The van der Waals surface area contributed by atoms with Crippen LogP contribution in [0.2, 0.25) is 0 Å². The van der Waals surface area contributed by atoms with Crippen molar-refractivity contribution in [3.8, 4) is 5.75 Å². The van der Waals surface area contributed by atoms with Crippen LogP contribution < -0.4 is 9.64 Å². The third-order valence-electron chi connectivity index (χ3n) is 6.09. The number of nitrogens with zero attached hydrogens (tertiary/aromatic N) is 2. The number of amides is 1. The summed E-state index contributed by atoms with van der Waals surface area (Å²) in [7, 11) is 0. The highest BCUT2D eigenvalue weighted by molar-refractivity contribution is 6.46. The molecule has 1 fully saturated rings. The topological polar surface area (TPSA) is 70.1 Å². The number of anilines is 1. The number of ether oxygens (including phenoxy) is 1. The second kappa shape index (κ2) is 10.6. The molecule has 3 rings (SSSR count). The number of benzene rings is 2. The number of rotatable bonds is 9. The van der Waals surface area contributed by atoms with Crippen molar-refractivity contribution in [1.29, 1.82) is 0 Å². The molecule has 2 aromatic rings. The summed E-state index contributed by atoms with van der Waals surface area (Å²) < 4.78 is 5.59. The maximum Gasteiger partial charge on any atom is 0.295 e. The van der Waals surface area contributed by atoms with Gasteiger partial charge in [0.2, 0.25) is 0 Å². The molecule has 2 aromatic carbocycles. The molecule has 0 spiro atoms. The number of carbonyl (C=O) groups is 2. The van der Waals surface area contributed by atoms with E-state index in [-0.39, 0.29) is 11.3 Å². The Bertz CT molecular complexity index is 1040. The summed E-state index contributed by atoms with van der Waals surface area (Å²) in [4.78, 5) is 29.8. The van der Waals surface area contributed by atoms with E-state index in [0.717, 1.165) is 35.7 Å². The highest BCUT2D eigenvalue weighted by Crippen LogP contribution is 2.40. The minimum Gasteiger partial charge on any atom is -0.507 e. The third-order valence-corrected chi connectivity index (χ3v) is 6.09. The minimum absolute atomic E-state index is 0.132. The quantitative estimate of drug-likeness (QED) is 0.328. The van der Waals surface area contributed by atoms with Crippen LogP contribution in [0.1, 0.15) is 56.8 Å². The third kappa shape index (κ3) is 4.75. The summed E-state index contributed by atoms with van der Waals surface area (Å²) in [6, 6.07) is 12.6. The number of aliphatic hydroxyl groups is 1. The molecule has 0 aromatic heterocycles. The SMILES string of the molecule is CCCN1C(=O)C(=O)/C(=C(\O)c2ccc(OCC)c(C)c2)C1c1ccc(N(CC)CC)cc1. The Morgan fingerprint density at radius 1 is 1.03 bits per heavy atom. The normalized spacial score (nSPS) is 17.5. The fraction of sp³-hybridized carbons (Fsp3) is 0.407. The molecule has 0 bridgehead atoms. The average molecular weight is 451 g/mol. The highest BCUT2D eigenvalue weighted by atomic mass is 16.5. The number of hydrogen-bond donors (Lipinski definition) is 1. The van der Waals surface area contributed by atoms with Gasteiger partial charge in [-0.3, -0.25) is 9.59 Å². The molecular formula is C27H34N2O4. The Morgan fingerprint density at radius 2 is 1.70 bits per heavy atom. The molecule has 1 aliphatic heterocycles. The molecule has 0 saturated carbocycles. The summed E-state index contributed by atoms with van der Waals surface area (Å²) in [5, 5.41) is 11.2. The fourth-order valence-corrected chi connectivity index (χ4v) is 4.42. The van der Waals surface area contributed by atoms with Crippen LogP contribution in [0.3, 0.4) is 0 Å². The van der Waals surface area contributed by atoms with E-state index in [1.54, 1.807) is 23.1 Å². The summed E-state index contributed by atoms with van der Waals surface area (Å²) in [5.41, 5.74) is 3.37. The second-order valence-corrected chi connectivity index (χ2v) is 8.17. The summed E-state index contributed by atoms with van der Waals surface area (Å²) >= 11 is 0. The Labute approximate surface area is 196 Å². The lowest BCUT2D eigenvalue weighted by Gasteiger charge is -2.26. The lowest BCUT2D eigenvalue weighted by atomic mass is 9.94. The van der Waals surface area contributed by atoms with Gasteiger partial charge in [-0.2, -0.15) is 0 Å². The smallest absolute Gasteiger partial charge is 0.295 e. The molecule has 0 radical (unpaired) electrons. The number of hydrogen-bond acceptors (Lipinski definition) is 5. The number of ketones is 1. The standard InChI is InChI=1S/C27H34N2O4/c1-6-16-29-24(19-10-13-21(14-11-19)28(7-2)8-3)23(26(31)27(29)32)25(30)20-12-15-22(33-9-4)18(5)17-20/h10-15,17,24,30H,6-9,16H2,1-5H3/b25-23-. The molecule has 1 heterocycles. The van der Waals surface area contributed by atoms with E-state index in [0.29, 0.717) is 25.1 Å². The molecule has 6 heteroatoms.